The van der Waals surface area contributed by atoms with Crippen molar-refractivity contribution in [3.63, 3.8) is 0 Å². The molecule has 0 aliphatic carbocycles. The van der Waals surface area contributed by atoms with Crippen molar-refractivity contribution in [3.8, 4) is 0 Å². The van der Waals surface area contributed by atoms with E-state index in [0.717, 1.165) is 45.3 Å². The van der Waals surface area contributed by atoms with E-state index < -0.39 is 0 Å². The number of hydrogen-bond acceptors (Lipinski definition) is 5. The summed E-state index contributed by atoms with van der Waals surface area (Å²) in [7, 11) is 0. The molecule has 0 heterocycles. The number of carbonyl (C=O) groups excluding carboxylic acids is 2. The van der Waals surface area contributed by atoms with Gasteiger partial charge in [-0.25, -0.2) is 9.59 Å². The number of alkyl halides is 1. The molecule has 0 aromatic carbocycles. The minimum Gasteiger partial charge on any atom is -0.391 e. The summed E-state index contributed by atoms with van der Waals surface area (Å²) in [5.41, 5.74) is 0.739. The quantitative estimate of drug-likeness (QED) is 0.352. The maximum absolute atomic E-state index is 12.1. The van der Waals surface area contributed by atoms with Crippen LogP contribution < -0.4 is 0 Å². The molecule has 6 heteroatoms. The molecule has 2 N–H and O–H groups in total. The van der Waals surface area contributed by atoms with Gasteiger partial charge in [-0.1, -0.05) is 0 Å². The molecule has 0 bridgehead atoms. The van der Waals surface area contributed by atoms with Crippen LogP contribution in [-0.2, 0) is 9.59 Å². The molecule has 0 aromatic heterocycles. The molecule has 0 aliphatic heterocycles. The van der Waals surface area contributed by atoms with Crippen molar-refractivity contribution in [1.29, 1.82) is 0 Å². The van der Waals surface area contributed by atoms with Crippen molar-refractivity contribution in [3.05, 3.63) is 11.1 Å². The molecule has 23 heavy (non-hydrogen) atoms. The Labute approximate surface area is 137 Å². The summed E-state index contributed by atoms with van der Waals surface area (Å²) >= 11 is 0. The summed E-state index contributed by atoms with van der Waals surface area (Å²) in [4.78, 5) is 23.3. The van der Waals surface area contributed by atoms with Gasteiger partial charge in [-0.2, -0.15) is 0 Å². The molecule has 0 fully saturated rings. The van der Waals surface area contributed by atoms with E-state index in [9.17, 15) is 14.0 Å². The van der Waals surface area contributed by atoms with Gasteiger partial charge in [-0.05, 0) is 64.6 Å². The summed E-state index contributed by atoms with van der Waals surface area (Å²) in [6.45, 7) is 1.54. The summed E-state index contributed by atoms with van der Waals surface area (Å²) < 4.78 is 12.1. The van der Waals surface area contributed by atoms with Gasteiger partial charge >= 0.3 is 0 Å². The standard InChI is InChI=1S/C17H28FNO4/c18-8-2-1-3-9-19(10-4-6-16(12-20)13-21)11-5-7-17(14-22)15-23/h20,22H,1-12,14H2. The average Bonchev–Trinajstić information content (AvgIpc) is 2.58. The minimum atomic E-state index is -0.298. The lowest BCUT2D eigenvalue weighted by Crippen LogP contribution is -2.27. The third-order valence-electron chi connectivity index (χ3n) is 3.68. The summed E-state index contributed by atoms with van der Waals surface area (Å²) in [5, 5.41) is 17.9. The molecule has 0 amide bonds. The maximum Gasteiger partial charge on any atom is 0.125 e. The van der Waals surface area contributed by atoms with Crippen LogP contribution in [-0.4, -0.2) is 66.5 Å². The molecule has 0 aliphatic rings. The first-order chi connectivity index (χ1) is 11.2. The van der Waals surface area contributed by atoms with E-state index in [2.05, 4.69) is 4.90 Å². The van der Waals surface area contributed by atoms with E-state index in [-0.39, 0.29) is 19.9 Å². The maximum atomic E-state index is 12.1. The predicted molar refractivity (Wildman–Crippen MR) is 87.3 cm³/mol. The molecule has 0 radical (unpaired) electrons. The number of rotatable bonds is 15. The number of aliphatic hydroxyl groups is 2. The van der Waals surface area contributed by atoms with Crippen molar-refractivity contribution >= 4 is 11.9 Å². The molecule has 0 spiro atoms. The molecule has 0 aromatic rings. The third-order valence-corrected chi connectivity index (χ3v) is 3.68. The Morgan fingerprint density at radius 2 is 1.26 bits per heavy atom. The Morgan fingerprint density at radius 1 is 0.783 bits per heavy atom. The molecule has 0 saturated carbocycles. The molecule has 0 saturated heterocycles. The minimum absolute atomic E-state index is 0.260. The van der Waals surface area contributed by atoms with E-state index >= 15 is 0 Å². The summed E-state index contributed by atoms with van der Waals surface area (Å²) in [5.74, 6) is 3.48. The van der Waals surface area contributed by atoms with Crippen LogP contribution in [0.2, 0.25) is 0 Å². The number of hydrogen-bond donors (Lipinski definition) is 2. The van der Waals surface area contributed by atoms with Gasteiger partial charge in [-0.3, -0.25) is 4.39 Å². The Balaban J connectivity index is 4.21. The zero-order valence-electron chi connectivity index (χ0n) is 13.7. The van der Waals surface area contributed by atoms with Gasteiger partial charge in [0.25, 0.3) is 0 Å². The van der Waals surface area contributed by atoms with Crippen LogP contribution in [0.5, 0.6) is 0 Å². The fourth-order valence-corrected chi connectivity index (χ4v) is 2.30. The van der Waals surface area contributed by atoms with Gasteiger partial charge in [0.05, 0.1) is 19.9 Å². The molecule has 132 valence electrons. The van der Waals surface area contributed by atoms with Crippen LogP contribution >= 0.6 is 0 Å². The topological polar surface area (TPSA) is 77.8 Å². The van der Waals surface area contributed by atoms with Crippen LogP contribution in [0.1, 0.15) is 44.9 Å². The summed E-state index contributed by atoms with van der Waals surface area (Å²) in [6.07, 6.45) is 4.80. The van der Waals surface area contributed by atoms with Gasteiger partial charge in [0.15, 0.2) is 0 Å². The SMILES string of the molecule is O=C=C(CO)CCCN(CCCCCF)CCCC(=C=O)CO. The second kappa shape index (κ2) is 15.6. The van der Waals surface area contributed by atoms with E-state index in [1.807, 2.05) is 0 Å². The fraction of sp³-hybridized carbons (Fsp3) is 0.765. The second-order valence-corrected chi connectivity index (χ2v) is 5.53. The van der Waals surface area contributed by atoms with Crippen LogP contribution in [0, 0.1) is 0 Å². The van der Waals surface area contributed by atoms with E-state index in [4.69, 9.17) is 10.2 Å². The fourth-order valence-electron chi connectivity index (χ4n) is 2.30. The first-order valence-electron chi connectivity index (χ1n) is 8.17. The van der Waals surface area contributed by atoms with Crippen LogP contribution in [0.3, 0.4) is 0 Å². The van der Waals surface area contributed by atoms with Crippen molar-refractivity contribution in [2.24, 2.45) is 0 Å². The van der Waals surface area contributed by atoms with Crippen molar-refractivity contribution in [1.82, 2.24) is 4.90 Å². The molecule has 0 rings (SSSR count). The van der Waals surface area contributed by atoms with E-state index in [0.29, 0.717) is 30.4 Å². The first-order valence-corrected chi connectivity index (χ1v) is 8.17. The molecule has 5 nitrogen and oxygen atoms in total. The van der Waals surface area contributed by atoms with Gasteiger partial charge < -0.3 is 15.1 Å². The highest BCUT2D eigenvalue weighted by Gasteiger charge is 2.07. The second-order valence-electron chi connectivity index (χ2n) is 5.53. The summed E-state index contributed by atoms with van der Waals surface area (Å²) in [6, 6.07) is 0. The van der Waals surface area contributed by atoms with Crippen molar-refractivity contribution in [2.75, 3.05) is 39.5 Å². The zero-order valence-corrected chi connectivity index (χ0v) is 13.7. The number of aliphatic hydroxyl groups excluding tert-OH is 2. The largest absolute Gasteiger partial charge is 0.391 e. The van der Waals surface area contributed by atoms with Crippen LogP contribution in [0.25, 0.3) is 0 Å². The molecular formula is C17H28FNO4. The van der Waals surface area contributed by atoms with Gasteiger partial charge in [-0.15, -0.1) is 0 Å². The lowest BCUT2D eigenvalue weighted by Gasteiger charge is -2.22. The van der Waals surface area contributed by atoms with Crippen molar-refractivity contribution in [2.45, 2.75) is 44.9 Å². The van der Waals surface area contributed by atoms with Crippen molar-refractivity contribution < 1.29 is 24.2 Å². The lowest BCUT2D eigenvalue weighted by molar-refractivity contribution is 0.254. The van der Waals surface area contributed by atoms with Gasteiger partial charge in [0.1, 0.15) is 11.9 Å². The van der Waals surface area contributed by atoms with Crippen LogP contribution in [0.15, 0.2) is 11.1 Å². The van der Waals surface area contributed by atoms with E-state index in [1.165, 1.54) is 0 Å². The van der Waals surface area contributed by atoms with E-state index in [1.54, 1.807) is 11.9 Å². The smallest absolute Gasteiger partial charge is 0.125 e. The monoisotopic (exact) mass is 329 g/mol. The third kappa shape index (κ3) is 11.9. The Hall–Kier alpha value is -1.29. The molecular weight excluding hydrogens is 301 g/mol. The number of unbranched alkanes of at least 4 members (excludes halogenated alkanes) is 2. The van der Waals surface area contributed by atoms with Gasteiger partial charge in [0.2, 0.25) is 0 Å². The molecule has 0 unspecified atom stereocenters. The molecule has 0 atom stereocenters. The zero-order chi connectivity index (χ0) is 17.3. The Kier molecular flexibility index (Phi) is 14.7. The van der Waals surface area contributed by atoms with Crippen LogP contribution in [0.4, 0.5) is 4.39 Å². The number of nitrogens with zero attached hydrogens (tertiary/aromatic N) is 1. The highest BCUT2D eigenvalue weighted by Crippen LogP contribution is 2.08. The lowest BCUT2D eigenvalue weighted by atomic mass is 10.1. The Morgan fingerprint density at radius 3 is 1.65 bits per heavy atom. The first kappa shape index (κ1) is 21.7. The highest BCUT2D eigenvalue weighted by atomic mass is 19.1. The average molecular weight is 329 g/mol. The predicted octanol–water partition coefficient (Wildman–Crippen LogP) is 1.49. The van der Waals surface area contributed by atoms with Gasteiger partial charge in [0, 0.05) is 11.1 Å². The number of halogens is 1. The normalized spacial score (nSPS) is 10.4. The Bertz CT molecular complexity index is 369. The highest BCUT2D eigenvalue weighted by molar-refractivity contribution is 5.52.